The number of hydrazone groups is 1. The highest BCUT2D eigenvalue weighted by Crippen LogP contribution is 2.32. The molecular weight excluding hydrogens is 216 g/mol. The summed E-state index contributed by atoms with van der Waals surface area (Å²) in [6, 6.07) is 1.80. The summed E-state index contributed by atoms with van der Waals surface area (Å²) in [7, 11) is 0. The van der Waals surface area contributed by atoms with E-state index in [1.54, 1.807) is 6.07 Å². The standard InChI is InChI=1S/C12H14N4O/c1-7-6-11(14-8(2)13-7)16-12(17)9-4-3-5-10(9)15-16/h6,9H,3-5H2,1-2H3. The van der Waals surface area contributed by atoms with Crippen LogP contribution in [0.1, 0.15) is 30.8 Å². The third-order valence-corrected chi connectivity index (χ3v) is 3.23. The van der Waals surface area contributed by atoms with E-state index in [1.807, 2.05) is 13.8 Å². The Morgan fingerprint density at radius 1 is 1.35 bits per heavy atom. The molecule has 1 aromatic heterocycles. The van der Waals surface area contributed by atoms with Gasteiger partial charge in [0.15, 0.2) is 5.82 Å². The monoisotopic (exact) mass is 230 g/mol. The molecule has 1 fully saturated rings. The number of aromatic nitrogens is 2. The van der Waals surface area contributed by atoms with Gasteiger partial charge in [-0.3, -0.25) is 4.79 Å². The number of hydrogen-bond donors (Lipinski definition) is 0. The van der Waals surface area contributed by atoms with Crippen molar-refractivity contribution in [3.63, 3.8) is 0 Å². The summed E-state index contributed by atoms with van der Waals surface area (Å²) in [4.78, 5) is 20.6. The van der Waals surface area contributed by atoms with Gasteiger partial charge in [0.2, 0.25) is 0 Å². The molecule has 3 rings (SSSR count). The Balaban J connectivity index is 2.00. The van der Waals surface area contributed by atoms with E-state index < -0.39 is 0 Å². The highest BCUT2D eigenvalue weighted by Gasteiger charge is 2.39. The van der Waals surface area contributed by atoms with Crippen molar-refractivity contribution >= 4 is 17.4 Å². The van der Waals surface area contributed by atoms with Crippen molar-refractivity contribution in [1.82, 2.24) is 9.97 Å². The SMILES string of the molecule is Cc1cc(N2N=C3CCCC3C2=O)nc(C)n1. The molecule has 5 nitrogen and oxygen atoms in total. The molecule has 2 heterocycles. The molecule has 0 saturated heterocycles. The minimum absolute atomic E-state index is 0.00516. The second-order valence-electron chi connectivity index (χ2n) is 4.60. The van der Waals surface area contributed by atoms with Crippen LogP contribution in [0.4, 0.5) is 5.82 Å². The molecule has 1 aromatic rings. The Bertz CT molecular complexity index is 503. The number of carbonyl (C=O) groups excluding carboxylic acids is 1. The second-order valence-corrected chi connectivity index (χ2v) is 4.60. The van der Waals surface area contributed by atoms with E-state index in [9.17, 15) is 4.79 Å². The number of amides is 1. The summed E-state index contributed by atoms with van der Waals surface area (Å²) in [6.07, 6.45) is 2.94. The second kappa shape index (κ2) is 3.61. The van der Waals surface area contributed by atoms with Crippen LogP contribution < -0.4 is 5.01 Å². The Morgan fingerprint density at radius 3 is 2.88 bits per heavy atom. The first-order valence-electron chi connectivity index (χ1n) is 5.89. The fourth-order valence-electron chi connectivity index (χ4n) is 2.51. The Hall–Kier alpha value is -1.78. The van der Waals surface area contributed by atoms with Crippen molar-refractivity contribution in [2.24, 2.45) is 11.0 Å². The van der Waals surface area contributed by atoms with Crippen molar-refractivity contribution in [2.75, 3.05) is 5.01 Å². The summed E-state index contributed by atoms with van der Waals surface area (Å²) in [5, 5.41) is 5.84. The topological polar surface area (TPSA) is 58.5 Å². The quantitative estimate of drug-likeness (QED) is 0.736. The van der Waals surface area contributed by atoms with Crippen LogP contribution in [-0.2, 0) is 4.79 Å². The maximum atomic E-state index is 12.2. The van der Waals surface area contributed by atoms with Gasteiger partial charge < -0.3 is 0 Å². The number of anilines is 1. The summed E-state index contributed by atoms with van der Waals surface area (Å²) >= 11 is 0. The van der Waals surface area contributed by atoms with E-state index >= 15 is 0 Å². The number of fused-ring (bicyclic) bond motifs is 1. The van der Waals surface area contributed by atoms with Crippen molar-refractivity contribution in [3.05, 3.63) is 17.6 Å². The first-order chi connectivity index (χ1) is 8.15. The fraction of sp³-hybridized carbons (Fsp3) is 0.500. The zero-order chi connectivity index (χ0) is 12.0. The summed E-state index contributed by atoms with van der Waals surface area (Å²) in [6.45, 7) is 3.72. The Labute approximate surface area is 99.6 Å². The lowest BCUT2D eigenvalue weighted by Gasteiger charge is -2.13. The van der Waals surface area contributed by atoms with Gasteiger partial charge in [-0.25, -0.2) is 9.97 Å². The van der Waals surface area contributed by atoms with Crippen molar-refractivity contribution in [2.45, 2.75) is 33.1 Å². The first kappa shape index (κ1) is 10.4. The lowest BCUT2D eigenvalue weighted by Crippen LogP contribution is -2.26. The van der Waals surface area contributed by atoms with Gasteiger partial charge >= 0.3 is 0 Å². The third-order valence-electron chi connectivity index (χ3n) is 3.23. The van der Waals surface area contributed by atoms with Gasteiger partial charge in [0, 0.05) is 11.8 Å². The highest BCUT2D eigenvalue weighted by atomic mass is 16.2. The maximum Gasteiger partial charge on any atom is 0.257 e. The molecule has 1 unspecified atom stereocenters. The predicted octanol–water partition coefficient (Wildman–Crippen LogP) is 1.60. The predicted molar refractivity (Wildman–Crippen MR) is 63.8 cm³/mol. The van der Waals surface area contributed by atoms with Gasteiger partial charge in [0.25, 0.3) is 5.91 Å². The smallest absolute Gasteiger partial charge is 0.257 e. The Kier molecular flexibility index (Phi) is 2.21. The molecule has 17 heavy (non-hydrogen) atoms. The van der Waals surface area contributed by atoms with Crippen LogP contribution in [0.3, 0.4) is 0 Å². The molecule has 5 heteroatoms. The van der Waals surface area contributed by atoms with Gasteiger partial charge in [0.05, 0.1) is 11.6 Å². The lowest BCUT2D eigenvalue weighted by atomic mass is 10.1. The number of aryl methyl sites for hydroxylation is 2. The molecule has 1 aliphatic heterocycles. The van der Waals surface area contributed by atoms with E-state index in [0.29, 0.717) is 11.6 Å². The van der Waals surface area contributed by atoms with E-state index in [2.05, 4.69) is 15.1 Å². The number of carbonyl (C=O) groups is 1. The van der Waals surface area contributed by atoms with E-state index in [4.69, 9.17) is 0 Å². The molecule has 88 valence electrons. The van der Waals surface area contributed by atoms with E-state index in [-0.39, 0.29) is 11.8 Å². The van der Waals surface area contributed by atoms with Crippen LogP contribution in [0.2, 0.25) is 0 Å². The molecule has 0 N–H and O–H groups in total. The van der Waals surface area contributed by atoms with Gasteiger partial charge in [0.1, 0.15) is 5.82 Å². The molecule has 0 bridgehead atoms. The van der Waals surface area contributed by atoms with Gasteiger partial charge in [-0.05, 0) is 33.1 Å². The van der Waals surface area contributed by atoms with Crippen LogP contribution in [0, 0.1) is 19.8 Å². The number of hydrogen-bond acceptors (Lipinski definition) is 4. The molecule has 1 atom stereocenters. The molecule has 0 radical (unpaired) electrons. The van der Waals surface area contributed by atoms with Gasteiger partial charge in [-0.2, -0.15) is 10.1 Å². The summed E-state index contributed by atoms with van der Waals surface area (Å²) in [5.74, 6) is 1.34. The van der Waals surface area contributed by atoms with Crippen molar-refractivity contribution < 1.29 is 4.79 Å². The lowest BCUT2D eigenvalue weighted by molar-refractivity contribution is -0.119. The minimum atomic E-state index is 0.00516. The minimum Gasteiger partial charge on any atom is -0.272 e. The van der Waals surface area contributed by atoms with Crippen LogP contribution in [0.15, 0.2) is 11.2 Å². The normalized spacial score (nSPS) is 22.9. The van der Waals surface area contributed by atoms with Gasteiger partial charge in [-0.15, -0.1) is 0 Å². The van der Waals surface area contributed by atoms with Crippen LogP contribution in [-0.4, -0.2) is 21.6 Å². The third kappa shape index (κ3) is 1.62. The molecule has 1 aliphatic carbocycles. The summed E-state index contributed by atoms with van der Waals surface area (Å²) < 4.78 is 0. The van der Waals surface area contributed by atoms with E-state index in [0.717, 1.165) is 30.7 Å². The van der Waals surface area contributed by atoms with Crippen molar-refractivity contribution in [3.8, 4) is 0 Å². The highest BCUT2D eigenvalue weighted by molar-refractivity contribution is 6.16. The number of rotatable bonds is 1. The number of nitrogens with zero attached hydrogens (tertiary/aromatic N) is 4. The maximum absolute atomic E-state index is 12.2. The zero-order valence-corrected chi connectivity index (χ0v) is 9.97. The Morgan fingerprint density at radius 2 is 2.18 bits per heavy atom. The first-order valence-corrected chi connectivity index (χ1v) is 5.89. The molecular formula is C12H14N4O. The molecule has 1 saturated carbocycles. The molecule has 0 aromatic carbocycles. The van der Waals surface area contributed by atoms with Crippen LogP contribution >= 0.6 is 0 Å². The average Bonchev–Trinajstić information content (AvgIpc) is 2.80. The molecule has 1 amide bonds. The van der Waals surface area contributed by atoms with Crippen molar-refractivity contribution in [1.29, 1.82) is 0 Å². The average molecular weight is 230 g/mol. The zero-order valence-electron chi connectivity index (χ0n) is 9.97. The van der Waals surface area contributed by atoms with E-state index in [1.165, 1.54) is 5.01 Å². The molecule has 0 spiro atoms. The fourth-order valence-corrected chi connectivity index (χ4v) is 2.51. The largest absolute Gasteiger partial charge is 0.272 e. The van der Waals surface area contributed by atoms with Gasteiger partial charge in [-0.1, -0.05) is 0 Å². The molecule has 2 aliphatic rings. The summed E-state index contributed by atoms with van der Waals surface area (Å²) in [5.41, 5.74) is 1.88. The van der Waals surface area contributed by atoms with Crippen LogP contribution in [0.5, 0.6) is 0 Å². The van der Waals surface area contributed by atoms with Crippen LogP contribution in [0.25, 0.3) is 0 Å².